The molecule has 5 nitrogen and oxygen atoms in total. The van der Waals surface area contributed by atoms with Gasteiger partial charge in [0.2, 0.25) is 5.69 Å². The quantitative estimate of drug-likeness (QED) is 0.258. The van der Waals surface area contributed by atoms with Gasteiger partial charge < -0.3 is 10.5 Å². The first-order valence-electron chi connectivity index (χ1n) is 6.64. The van der Waals surface area contributed by atoms with Crippen LogP contribution in [0.2, 0.25) is 0 Å². The van der Waals surface area contributed by atoms with Gasteiger partial charge in [0.25, 0.3) is 5.91 Å². The molecule has 1 amide bonds. The zero-order chi connectivity index (χ0) is 14.1. The minimum Gasteiger partial charge on any atom is -0.411 e. The number of aryl methyl sites for hydroxylation is 1. The Hall–Kier alpha value is -1.91. The Morgan fingerprint density at radius 1 is 1.47 bits per heavy atom. The van der Waals surface area contributed by atoms with E-state index in [1.807, 2.05) is 7.05 Å². The van der Waals surface area contributed by atoms with Crippen molar-refractivity contribution in [1.29, 1.82) is 0 Å². The summed E-state index contributed by atoms with van der Waals surface area (Å²) >= 11 is 0. The third kappa shape index (κ3) is 5.07. The SMILES string of the molecule is CCCCCCNC(=O)c1cc[n+](C)c(/C=N/O)c1. The predicted molar refractivity (Wildman–Crippen MR) is 73.5 cm³/mol. The molecule has 1 heterocycles. The molecule has 1 aromatic heterocycles. The molecule has 5 heteroatoms. The Morgan fingerprint density at radius 3 is 2.95 bits per heavy atom. The van der Waals surface area contributed by atoms with E-state index in [1.165, 1.54) is 19.1 Å². The minimum atomic E-state index is -0.0929. The van der Waals surface area contributed by atoms with E-state index < -0.39 is 0 Å². The van der Waals surface area contributed by atoms with Gasteiger partial charge in [0.1, 0.15) is 13.3 Å². The average Bonchev–Trinajstić information content (AvgIpc) is 2.41. The van der Waals surface area contributed by atoms with Gasteiger partial charge in [-0.2, -0.15) is 0 Å². The number of hydrogen-bond donors (Lipinski definition) is 2. The average molecular weight is 264 g/mol. The van der Waals surface area contributed by atoms with E-state index in [0.717, 1.165) is 12.8 Å². The van der Waals surface area contributed by atoms with Crippen molar-refractivity contribution in [3.8, 4) is 0 Å². The van der Waals surface area contributed by atoms with Crippen molar-refractivity contribution < 1.29 is 14.6 Å². The lowest BCUT2D eigenvalue weighted by atomic mass is 10.2. The van der Waals surface area contributed by atoms with E-state index in [2.05, 4.69) is 17.4 Å². The molecule has 0 aliphatic rings. The fourth-order valence-electron chi connectivity index (χ4n) is 1.77. The van der Waals surface area contributed by atoms with E-state index in [-0.39, 0.29) is 5.91 Å². The van der Waals surface area contributed by atoms with E-state index in [1.54, 1.807) is 22.9 Å². The van der Waals surface area contributed by atoms with Crippen molar-refractivity contribution in [2.24, 2.45) is 12.2 Å². The number of nitrogens with one attached hydrogen (secondary N) is 1. The molecular weight excluding hydrogens is 242 g/mol. The van der Waals surface area contributed by atoms with Gasteiger partial charge in [-0.1, -0.05) is 31.3 Å². The van der Waals surface area contributed by atoms with Crippen LogP contribution in [0.1, 0.15) is 48.7 Å². The maximum atomic E-state index is 11.9. The summed E-state index contributed by atoms with van der Waals surface area (Å²) in [6.45, 7) is 2.86. The molecule has 0 saturated carbocycles. The lowest BCUT2D eigenvalue weighted by Gasteiger charge is -2.05. The van der Waals surface area contributed by atoms with Crippen molar-refractivity contribution in [1.82, 2.24) is 5.32 Å². The zero-order valence-corrected chi connectivity index (χ0v) is 11.6. The fourth-order valence-corrected chi connectivity index (χ4v) is 1.77. The lowest BCUT2D eigenvalue weighted by Crippen LogP contribution is -2.34. The normalized spacial score (nSPS) is 10.8. The van der Waals surface area contributed by atoms with Crippen LogP contribution in [0, 0.1) is 0 Å². The number of nitrogens with zero attached hydrogens (tertiary/aromatic N) is 2. The van der Waals surface area contributed by atoms with Crippen LogP contribution in [0.4, 0.5) is 0 Å². The second-order valence-electron chi connectivity index (χ2n) is 4.51. The van der Waals surface area contributed by atoms with E-state index in [4.69, 9.17) is 5.21 Å². The summed E-state index contributed by atoms with van der Waals surface area (Å²) in [6.07, 6.45) is 7.61. The van der Waals surface area contributed by atoms with E-state index in [0.29, 0.717) is 17.8 Å². The molecule has 0 unspecified atom stereocenters. The molecule has 0 bridgehead atoms. The molecule has 19 heavy (non-hydrogen) atoms. The molecule has 0 aliphatic heterocycles. The first kappa shape index (κ1) is 15.1. The number of amides is 1. The van der Waals surface area contributed by atoms with Gasteiger partial charge in [0.05, 0.1) is 5.56 Å². The Bertz CT molecular complexity index is 444. The number of rotatable bonds is 7. The standard InChI is InChI=1S/C14H21N3O2/c1-3-4-5-6-8-15-14(18)12-7-9-17(2)13(10-12)11-16-19/h7,9-11H,3-6,8H2,1-2H3,(H,15,18)/p+1. The van der Waals surface area contributed by atoms with Gasteiger partial charge in [0, 0.05) is 18.7 Å². The second-order valence-corrected chi connectivity index (χ2v) is 4.51. The molecule has 2 N–H and O–H groups in total. The van der Waals surface area contributed by atoms with Gasteiger partial charge >= 0.3 is 0 Å². The van der Waals surface area contributed by atoms with E-state index in [9.17, 15) is 4.79 Å². The smallest absolute Gasteiger partial charge is 0.251 e. The van der Waals surface area contributed by atoms with Gasteiger partial charge in [-0.05, 0) is 6.42 Å². The molecule has 0 spiro atoms. The summed E-state index contributed by atoms with van der Waals surface area (Å²) in [6, 6.07) is 3.44. The van der Waals surface area contributed by atoms with Gasteiger partial charge in [-0.15, -0.1) is 0 Å². The fraction of sp³-hybridized carbons (Fsp3) is 0.500. The molecule has 104 valence electrons. The van der Waals surface area contributed by atoms with Crippen LogP contribution in [-0.4, -0.2) is 23.9 Å². The maximum Gasteiger partial charge on any atom is 0.251 e. The summed E-state index contributed by atoms with van der Waals surface area (Å²) in [5, 5.41) is 14.4. The molecule has 0 aliphatic carbocycles. The second kappa shape index (κ2) is 8.24. The predicted octanol–water partition coefficient (Wildman–Crippen LogP) is 1.63. The molecule has 0 saturated heterocycles. The third-order valence-corrected chi connectivity index (χ3v) is 2.96. The number of oxime groups is 1. The Kier molecular flexibility index (Phi) is 6.57. The highest BCUT2D eigenvalue weighted by molar-refractivity contribution is 5.95. The van der Waals surface area contributed by atoms with Crippen molar-refractivity contribution in [2.75, 3.05) is 6.54 Å². The summed E-state index contributed by atoms with van der Waals surface area (Å²) in [7, 11) is 1.82. The van der Waals surface area contributed by atoms with Crippen molar-refractivity contribution >= 4 is 12.1 Å². The topological polar surface area (TPSA) is 65.6 Å². The highest BCUT2D eigenvalue weighted by atomic mass is 16.4. The monoisotopic (exact) mass is 264 g/mol. The molecular formula is C14H22N3O2+. The van der Waals surface area contributed by atoms with Crippen molar-refractivity contribution in [2.45, 2.75) is 32.6 Å². The van der Waals surface area contributed by atoms with Crippen LogP contribution in [0.25, 0.3) is 0 Å². The van der Waals surface area contributed by atoms with Crippen LogP contribution in [0.15, 0.2) is 23.5 Å². The van der Waals surface area contributed by atoms with Crippen LogP contribution in [0.3, 0.4) is 0 Å². The maximum absolute atomic E-state index is 11.9. The van der Waals surface area contributed by atoms with E-state index >= 15 is 0 Å². The van der Waals surface area contributed by atoms with Gasteiger partial charge in [-0.3, -0.25) is 4.79 Å². The van der Waals surface area contributed by atoms with Gasteiger partial charge in [0.15, 0.2) is 6.20 Å². The Labute approximate surface area is 114 Å². The number of unbranched alkanes of at least 4 members (excludes halogenated alkanes) is 3. The molecule has 0 radical (unpaired) electrons. The highest BCUT2D eigenvalue weighted by Gasteiger charge is 2.11. The molecule has 0 fully saturated rings. The third-order valence-electron chi connectivity index (χ3n) is 2.96. The van der Waals surface area contributed by atoms with Gasteiger partial charge in [-0.25, -0.2) is 4.57 Å². The lowest BCUT2D eigenvalue weighted by molar-refractivity contribution is -0.672. The van der Waals surface area contributed by atoms with Crippen molar-refractivity contribution in [3.05, 3.63) is 29.6 Å². The van der Waals surface area contributed by atoms with Crippen LogP contribution >= 0.6 is 0 Å². The van der Waals surface area contributed by atoms with Crippen LogP contribution < -0.4 is 9.88 Å². The zero-order valence-electron chi connectivity index (χ0n) is 11.6. The number of carbonyl (C=O) groups excluding carboxylic acids is 1. The number of pyridine rings is 1. The highest BCUT2D eigenvalue weighted by Crippen LogP contribution is 2.00. The summed E-state index contributed by atoms with van der Waals surface area (Å²) in [4.78, 5) is 11.9. The van der Waals surface area contributed by atoms with Crippen LogP contribution in [-0.2, 0) is 7.05 Å². The van der Waals surface area contributed by atoms with Crippen molar-refractivity contribution in [3.63, 3.8) is 0 Å². The minimum absolute atomic E-state index is 0.0929. The Morgan fingerprint density at radius 2 is 2.26 bits per heavy atom. The summed E-state index contributed by atoms with van der Waals surface area (Å²) in [5.74, 6) is -0.0929. The molecule has 1 aromatic rings. The largest absolute Gasteiger partial charge is 0.411 e. The first-order chi connectivity index (χ1) is 9.19. The first-order valence-corrected chi connectivity index (χ1v) is 6.64. The van der Waals surface area contributed by atoms with Crippen LogP contribution in [0.5, 0.6) is 0 Å². The number of aromatic nitrogens is 1. The summed E-state index contributed by atoms with van der Waals surface area (Å²) in [5.41, 5.74) is 1.24. The number of carbonyl (C=O) groups is 1. The molecule has 1 rings (SSSR count). The molecule has 0 aromatic carbocycles. The number of hydrogen-bond acceptors (Lipinski definition) is 3. The molecule has 0 atom stereocenters. The summed E-state index contributed by atoms with van der Waals surface area (Å²) < 4.78 is 1.78. The Balaban J connectivity index is 2.55.